The van der Waals surface area contributed by atoms with E-state index in [1.54, 1.807) is 36.4 Å². The van der Waals surface area contributed by atoms with Crippen molar-refractivity contribution in [2.45, 2.75) is 31.6 Å². The molecule has 1 unspecified atom stereocenters. The molecule has 0 amide bonds. The van der Waals surface area contributed by atoms with Gasteiger partial charge in [-0.3, -0.25) is 0 Å². The smallest absolute Gasteiger partial charge is 0.457 e. The minimum atomic E-state index is -7.03. The molecule has 0 aliphatic carbocycles. The number of hydrogen-bond donors (Lipinski definition) is 0. The zero-order chi connectivity index (χ0) is 24.9. The highest BCUT2D eigenvalue weighted by Gasteiger charge is 2.72. The van der Waals surface area contributed by atoms with Crippen molar-refractivity contribution >= 4 is 31.1 Å². The van der Waals surface area contributed by atoms with Crippen LogP contribution in [0, 0.1) is 0 Å². The topological polar surface area (TPSA) is 101 Å². The lowest BCUT2D eigenvalue weighted by atomic mass is 10.0. The molecule has 4 rings (SSSR count). The van der Waals surface area contributed by atoms with Gasteiger partial charge in [-0.05, 0) is 30.3 Å². The summed E-state index contributed by atoms with van der Waals surface area (Å²) in [4.78, 5) is 2.24. The van der Waals surface area contributed by atoms with Gasteiger partial charge in [-0.25, -0.2) is 8.42 Å². The number of rotatable bonds is 6. The highest BCUT2D eigenvalue weighted by atomic mass is 32.2. The maximum absolute atomic E-state index is 14.1. The zero-order valence-electron chi connectivity index (χ0n) is 16.8. The van der Waals surface area contributed by atoms with Crippen molar-refractivity contribution in [3.8, 4) is 5.75 Å². The van der Waals surface area contributed by atoms with Crippen LogP contribution in [0.3, 0.4) is 0 Å². The summed E-state index contributed by atoms with van der Waals surface area (Å²) in [6, 6.07) is 20.1. The van der Waals surface area contributed by atoms with E-state index in [1.807, 2.05) is 24.3 Å². The second-order valence-corrected chi connectivity index (χ2v) is 12.1. The van der Waals surface area contributed by atoms with Crippen molar-refractivity contribution in [2.24, 2.45) is 0 Å². The Labute approximate surface area is 195 Å². The van der Waals surface area contributed by atoms with E-state index in [4.69, 9.17) is 0 Å². The first-order valence-corrected chi connectivity index (χ1v) is 13.5. The normalized spacial score (nSPS) is 16.4. The van der Waals surface area contributed by atoms with Gasteiger partial charge in [0.15, 0.2) is 30.6 Å². The maximum Gasteiger partial charge on any atom is 0.457 e. The van der Waals surface area contributed by atoms with Crippen LogP contribution < -0.4 is 4.18 Å². The van der Waals surface area contributed by atoms with Gasteiger partial charge >= 0.3 is 20.6 Å². The van der Waals surface area contributed by atoms with E-state index < -0.39 is 47.4 Å². The molecule has 0 bridgehead atoms. The molecule has 0 radical (unpaired) electrons. The molecule has 1 atom stereocenters. The molecule has 0 N–H and O–H groups in total. The largest absolute Gasteiger partial charge is 0.743 e. The van der Waals surface area contributed by atoms with E-state index in [2.05, 4.69) is 4.18 Å². The molecule has 3 aromatic rings. The SMILES string of the molecule is O=S(=O)([O-])C(F)(F)C(F)(F)S(=O)(=O)Oc1cccc2c1Cc1ccccc1[S+]2c1ccccc1. The number of hydrogen-bond acceptors (Lipinski definition) is 6. The molecule has 1 heterocycles. The van der Waals surface area contributed by atoms with Gasteiger partial charge < -0.3 is 8.74 Å². The predicted molar refractivity (Wildman–Crippen MR) is 113 cm³/mol. The van der Waals surface area contributed by atoms with Crippen LogP contribution in [0.4, 0.5) is 17.6 Å². The first-order valence-electron chi connectivity index (χ1n) is 9.42. The summed E-state index contributed by atoms with van der Waals surface area (Å²) in [7, 11) is -14.4. The Morgan fingerprint density at radius 3 is 2.00 bits per heavy atom. The van der Waals surface area contributed by atoms with Gasteiger partial charge in [0.25, 0.3) is 0 Å². The van der Waals surface area contributed by atoms with Crippen LogP contribution in [0.25, 0.3) is 0 Å². The zero-order valence-corrected chi connectivity index (χ0v) is 19.3. The molecule has 0 aromatic heterocycles. The second kappa shape index (κ2) is 8.26. The Hall–Kier alpha value is -2.61. The quantitative estimate of drug-likeness (QED) is 0.160. The summed E-state index contributed by atoms with van der Waals surface area (Å²) in [6.07, 6.45) is 0.0371. The average molecular weight is 535 g/mol. The third-order valence-electron chi connectivity index (χ3n) is 5.01. The number of benzene rings is 3. The molecule has 0 saturated heterocycles. The van der Waals surface area contributed by atoms with Crippen molar-refractivity contribution in [2.75, 3.05) is 0 Å². The van der Waals surface area contributed by atoms with Gasteiger partial charge in [-0.2, -0.15) is 26.0 Å². The number of alkyl halides is 4. The van der Waals surface area contributed by atoms with Gasteiger partial charge in [0.2, 0.25) is 0 Å². The Morgan fingerprint density at radius 2 is 1.35 bits per heavy atom. The van der Waals surface area contributed by atoms with Gasteiger partial charge in [0, 0.05) is 12.0 Å². The third-order valence-corrected chi connectivity index (χ3v) is 9.72. The van der Waals surface area contributed by atoms with Crippen LogP contribution in [0.2, 0.25) is 0 Å². The first-order chi connectivity index (χ1) is 15.8. The summed E-state index contributed by atoms with van der Waals surface area (Å²) in [5, 5.41) is -12.8. The van der Waals surface area contributed by atoms with E-state index in [9.17, 15) is 39.0 Å². The highest BCUT2D eigenvalue weighted by molar-refractivity contribution is 7.97. The van der Waals surface area contributed by atoms with Crippen molar-refractivity contribution in [1.82, 2.24) is 0 Å². The molecule has 34 heavy (non-hydrogen) atoms. The van der Waals surface area contributed by atoms with Crippen molar-refractivity contribution in [3.63, 3.8) is 0 Å². The van der Waals surface area contributed by atoms with Crippen LogP contribution >= 0.6 is 0 Å². The van der Waals surface area contributed by atoms with Gasteiger partial charge in [-0.15, -0.1) is 0 Å². The molecule has 0 spiro atoms. The lowest BCUT2D eigenvalue weighted by Gasteiger charge is -2.28. The van der Waals surface area contributed by atoms with Crippen molar-refractivity contribution in [3.05, 3.63) is 83.9 Å². The average Bonchev–Trinajstić information content (AvgIpc) is 2.77. The molecule has 3 aromatic carbocycles. The molecule has 0 saturated carbocycles. The van der Waals surface area contributed by atoms with Crippen LogP contribution in [0.15, 0.2) is 87.5 Å². The van der Waals surface area contributed by atoms with Crippen molar-refractivity contribution < 1.29 is 43.1 Å². The molecule has 0 fully saturated rings. The molecule has 1 aliphatic heterocycles. The predicted octanol–water partition coefficient (Wildman–Crippen LogP) is 4.13. The lowest BCUT2D eigenvalue weighted by molar-refractivity contribution is -0.105. The minimum absolute atomic E-state index is 0.0371. The summed E-state index contributed by atoms with van der Waals surface area (Å²) >= 11 is 0. The molecular weight excluding hydrogens is 520 g/mol. The maximum atomic E-state index is 14.1. The molecule has 1 aliphatic rings. The Bertz CT molecular complexity index is 1460. The lowest BCUT2D eigenvalue weighted by Crippen LogP contribution is -2.53. The highest BCUT2D eigenvalue weighted by Crippen LogP contribution is 2.46. The van der Waals surface area contributed by atoms with Crippen LogP contribution in [-0.4, -0.2) is 31.9 Å². The molecule has 180 valence electrons. The Kier molecular flexibility index (Phi) is 5.95. The van der Waals surface area contributed by atoms with E-state index in [1.165, 1.54) is 6.07 Å². The Balaban J connectivity index is 1.84. The fourth-order valence-electron chi connectivity index (χ4n) is 3.42. The van der Waals surface area contributed by atoms with Crippen LogP contribution in [0.5, 0.6) is 5.75 Å². The summed E-state index contributed by atoms with van der Waals surface area (Å²) in [5.41, 5.74) is 0.885. The van der Waals surface area contributed by atoms with E-state index in [0.717, 1.165) is 21.4 Å². The number of fused-ring (bicyclic) bond motifs is 2. The molecule has 6 nitrogen and oxygen atoms in total. The standard InChI is InChI=1S/C21H14F4O6S3/c22-20(23,33(26,27)28)21(24,25)34(29,30)31-17-10-6-12-19-16(17)13-14-7-4-5-11-18(14)32(19)15-8-2-1-3-9-15/h1-12H,13H2. The molecule has 13 heteroatoms. The van der Waals surface area contributed by atoms with E-state index >= 15 is 0 Å². The first kappa shape index (κ1) is 24.5. The molecular formula is C21H14F4O6S3. The summed E-state index contributed by atoms with van der Waals surface area (Å²) in [5.74, 6) is -0.667. The monoisotopic (exact) mass is 534 g/mol. The van der Waals surface area contributed by atoms with Gasteiger partial charge in [0.05, 0.1) is 5.56 Å². The summed E-state index contributed by atoms with van der Waals surface area (Å²) in [6.45, 7) is 0. The van der Waals surface area contributed by atoms with Gasteiger partial charge in [0.1, 0.15) is 10.9 Å². The Morgan fingerprint density at radius 1 is 0.765 bits per heavy atom. The van der Waals surface area contributed by atoms with Crippen LogP contribution in [0.1, 0.15) is 11.1 Å². The number of halogens is 4. The second-order valence-electron chi connectivity index (χ2n) is 7.16. The van der Waals surface area contributed by atoms with Gasteiger partial charge in [-0.1, -0.05) is 42.5 Å². The minimum Gasteiger partial charge on any atom is -0.743 e. The summed E-state index contributed by atoms with van der Waals surface area (Å²) < 4.78 is 116. The van der Waals surface area contributed by atoms with E-state index in [0.29, 0.717) is 4.90 Å². The van der Waals surface area contributed by atoms with Crippen molar-refractivity contribution in [1.29, 1.82) is 0 Å². The van der Waals surface area contributed by atoms with Crippen LogP contribution in [-0.2, 0) is 37.6 Å². The fourth-order valence-corrected chi connectivity index (χ4v) is 7.54. The fraction of sp³-hybridized carbons (Fsp3) is 0.143. The third kappa shape index (κ3) is 3.85. The van der Waals surface area contributed by atoms with E-state index in [-0.39, 0.29) is 12.0 Å².